The van der Waals surface area contributed by atoms with Crippen molar-refractivity contribution >= 4 is 21.8 Å². The second-order valence-electron chi connectivity index (χ2n) is 8.73. The molecule has 0 saturated heterocycles. The number of fused-ring (bicyclic) bond motifs is 2. The fourth-order valence-electron chi connectivity index (χ4n) is 4.72. The van der Waals surface area contributed by atoms with E-state index >= 15 is 0 Å². The standard InChI is InChI=1S/C31H23N3/c32-20-24-7-4-8-25(17-24)22-34-16-14-27-10-12-29(19-31(27)34)28-11-9-26-13-15-33(30(26)18-28)21-23-5-2-1-3-6-23/h1-19H,21-22H2. The lowest BCUT2D eigenvalue weighted by atomic mass is 10.0. The number of hydrogen-bond acceptors (Lipinski definition) is 1. The van der Waals surface area contributed by atoms with Crippen molar-refractivity contribution in [1.29, 1.82) is 5.26 Å². The van der Waals surface area contributed by atoms with Crippen LogP contribution in [0.2, 0.25) is 0 Å². The Bertz CT molecular complexity index is 1660. The van der Waals surface area contributed by atoms with E-state index in [0.717, 1.165) is 18.7 Å². The van der Waals surface area contributed by atoms with E-state index in [1.165, 1.54) is 38.5 Å². The molecule has 0 atom stereocenters. The molecular weight excluding hydrogens is 414 g/mol. The Balaban J connectivity index is 1.37. The molecule has 0 unspecified atom stereocenters. The van der Waals surface area contributed by atoms with Crippen molar-refractivity contribution in [2.45, 2.75) is 13.1 Å². The zero-order valence-corrected chi connectivity index (χ0v) is 18.7. The highest BCUT2D eigenvalue weighted by Crippen LogP contribution is 2.29. The molecular formula is C31H23N3. The molecule has 0 radical (unpaired) electrons. The molecule has 0 bridgehead atoms. The molecule has 0 N–H and O–H groups in total. The van der Waals surface area contributed by atoms with Gasteiger partial charge >= 0.3 is 0 Å². The number of benzene rings is 4. The normalized spacial score (nSPS) is 11.1. The maximum atomic E-state index is 9.23. The number of hydrogen-bond donors (Lipinski definition) is 0. The summed E-state index contributed by atoms with van der Waals surface area (Å²) in [6, 6.07) is 38.4. The van der Waals surface area contributed by atoms with Crippen molar-refractivity contribution < 1.29 is 0 Å². The lowest BCUT2D eigenvalue weighted by Crippen LogP contribution is -1.98. The third-order valence-corrected chi connectivity index (χ3v) is 6.49. The molecule has 2 aromatic heterocycles. The van der Waals surface area contributed by atoms with Crippen LogP contribution in [0.1, 0.15) is 16.7 Å². The van der Waals surface area contributed by atoms with E-state index in [2.05, 4.69) is 113 Å². The van der Waals surface area contributed by atoms with Crippen LogP contribution in [0.3, 0.4) is 0 Å². The van der Waals surface area contributed by atoms with Gasteiger partial charge in [0.1, 0.15) is 0 Å². The summed E-state index contributed by atoms with van der Waals surface area (Å²) in [6.07, 6.45) is 4.30. The highest BCUT2D eigenvalue weighted by atomic mass is 15.0. The molecule has 3 heteroatoms. The summed E-state index contributed by atoms with van der Waals surface area (Å²) in [7, 11) is 0. The lowest BCUT2D eigenvalue weighted by Gasteiger charge is -2.10. The van der Waals surface area contributed by atoms with Crippen LogP contribution >= 0.6 is 0 Å². The molecule has 162 valence electrons. The number of aromatic nitrogens is 2. The minimum Gasteiger partial charge on any atom is -0.343 e. The van der Waals surface area contributed by atoms with Crippen LogP contribution in [-0.2, 0) is 13.1 Å². The predicted molar refractivity (Wildman–Crippen MR) is 139 cm³/mol. The van der Waals surface area contributed by atoms with Crippen LogP contribution in [0.5, 0.6) is 0 Å². The van der Waals surface area contributed by atoms with Gasteiger partial charge < -0.3 is 9.13 Å². The molecule has 0 aliphatic heterocycles. The summed E-state index contributed by atoms with van der Waals surface area (Å²) in [5.74, 6) is 0. The summed E-state index contributed by atoms with van der Waals surface area (Å²) < 4.78 is 4.57. The van der Waals surface area contributed by atoms with Gasteiger partial charge in [-0.25, -0.2) is 0 Å². The van der Waals surface area contributed by atoms with Gasteiger partial charge in [-0.3, -0.25) is 0 Å². The average Bonchev–Trinajstić information content (AvgIpc) is 3.48. The predicted octanol–water partition coefficient (Wildman–Crippen LogP) is 7.23. The van der Waals surface area contributed by atoms with Gasteiger partial charge in [-0.15, -0.1) is 0 Å². The van der Waals surface area contributed by atoms with Gasteiger partial charge in [0.2, 0.25) is 0 Å². The summed E-state index contributed by atoms with van der Waals surface area (Å²) in [4.78, 5) is 0. The van der Waals surface area contributed by atoms with Crippen LogP contribution in [-0.4, -0.2) is 9.13 Å². The molecule has 4 aromatic carbocycles. The molecule has 0 fully saturated rings. The molecule has 0 spiro atoms. The first-order valence-electron chi connectivity index (χ1n) is 11.5. The fourth-order valence-corrected chi connectivity index (χ4v) is 4.72. The molecule has 0 amide bonds. The zero-order chi connectivity index (χ0) is 22.9. The smallest absolute Gasteiger partial charge is 0.0991 e. The van der Waals surface area contributed by atoms with Crippen LogP contribution in [0.25, 0.3) is 32.9 Å². The first-order chi connectivity index (χ1) is 16.8. The van der Waals surface area contributed by atoms with Crippen LogP contribution in [0.15, 0.2) is 116 Å². The van der Waals surface area contributed by atoms with E-state index in [4.69, 9.17) is 0 Å². The van der Waals surface area contributed by atoms with E-state index in [9.17, 15) is 5.26 Å². The highest BCUT2D eigenvalue weighted by molar-refractivity contribution is 5.89. The summed E-state index contributed by atoms with van der Waals surface area (Å²) in [5.41, 5.74) is 7.97. The molecule has 34 heavy (non-hydrogen) atoms. The molecule has 0 saturated carbocycles. The highest BCUT2D eigenvalue weighted by Gasteiger charge is 2.08. The Morgan fingerprint density at radius 1 is 0.559 bits per heavy atom. The van der Waals surface area contributed by atoms with Crippen molar-refractivity contribution in [3.05, 3.63) is 132 Å². The van der Waals surface area contributed by atoms with Gasteiger partial charge in [-0.1, -0.05) is 66.7 Å². The SMILES string of the molecule is N#Cc1cccc(Cn2ccc3ccc(-c4ccc5ccn(Cc6ccccc6)c5c4)cc32)c1. The van der Waals surface area contributed by atoms with E-state index in [-0.39, 0.29) is 0 Å². The van der Waals surface area contributed by atoms with Crippen LogP contribution in [0.4, 0.5) is 0 Å². The second-order valence-corrected chi connectivity index (χ2v) is 8.73. The topological polar surface area (TPSA) is 33.6 Å². The van der Waals surface area contributed by atoms with Gasteiger partial charge in [-0.05, 0) is 69.4 Å². The number of nitrogens with zero attached hydrogens (tertiary/aromatic N) is 3. The van der Waals surface area contributed by atoms with Crippen LogP contribution in [0, 0.1) is 11.3 Å². The fraction of sp³-hybridized carbons (Fsp3) is 0.0645. The van der Waals surface area contributed by atoms with E-state index in [0.29, 0.717) is 5.56 Å². The largest absolute Gasteiger partial charge is 0.343 e. The van der Waals surface area contributed by atoms with Crippen molar-refractivity contribution in [1.82, 2.24) is 9.13 Å². The second kappa shape index (κ2) is 8.42. The average molecular weight is 438 g/mol. The molecule has 3 nitrogen and oxygen atoms in total. The monoisotopic (exact) mass is 437 g/mol. The minimum absolute atomic E-state index is 0.696. The minimum atomic E-state index is 0.696. The number of rotatable bonds is 5. The maximum Gasteiger partial charge on any atom is 0.0991 e. The van der Waals surface area contributed by atoms with E-state index in [1.807, 2.05) is 18.2 Å². The Morgan fingerprint density at radius 3 is 1.76 bits per heavy atom. The van der Waals surface area contributed by atoms with Gasteiger partial charge in [-0.2, -0.15) is 5.26 Å². The Hall–Kier alpha value is -4.55. The maximum absolute atomic E-state index is 9.23. The third-order valence-electron chi connectivity index (χ3n) is 6.49. The van der Waals surface area contributed by atoms with Gasteiger partial charge in [0, 0.05) is 36.5 Å². The molecule has 0 aliphatic carbocycles. The molecule has 6 aromatic rings. The molecule has 2 heterocycles. The Kier molecular flexibility index (Phi) is 4.98. The first kappa shape index (κ1) is 20.1. The Labute approximate surface area is 198 Å². The van der Waals surface area contributed by atoms with E-state index in [1.54, 1.807) is 0 Å². The van der Waals surface area contributed by atoms with Crippen molar-refractivity contribution in [2.24, 2.45) is 0 Å². The quantitative estimate of drug-likeness (QED) is 0.280. The third kappa shape index (κ3) is 3.76. The van der Waals surface area contributed by atoms with Gasteiger partial charge in [0.15, 0.2) is 0 Å². The van der Waals surface area contributed by atoms with Crippen LogP contribution < -0.4 is 0 Å². The molecule has 0 aliphatic rings. The summed E-state index contributed by atoms with van der Waals surface area (Å²) in [5, 5.41) is 11.7. The zero-order valence-electron chi connectivity index (χ0n) is 18.7. The number of nitriles is 1. The van der Waals surface area contributed by atoms with Gasteiger partial charge in [0.05, 0.1) is 11.6 Å². The lowest BCUT2D eigenvalue weighted by molar-refractivity contribution is 0.836. The summed E-state index contributed by atoms with van der Waals surface area (Å²) in [6.45, 7) is 1.60. The summed E-state index contributed by atoms with van der Waals surface area (Å²) >= 11 is 0. The van der Waals surface area contributed by atoms with Gasteiger partial charge in [0.25, 0.3) is 0 Å². The Morgan fingerprint density at radius 2 is 1.15 bits per heavy atom. The first-order valence-corrected chi connectivity index (χ1v) is 11.5. The van der Waals surface area contributed by atoms with Crippen molar-refractivity contribution in [3.8, 4) is 17.2 Å². The van der Waals surface area contributed by atoms with Crippen molar-refractivity contribution in [2.75, 3.05) is 0 Å². The van der Waals surface area contributed by atoms with Crippen molar-refractivity contribution in [3.63, 3.8) is 0 Å². The van der Waals surface area contributed by atoms with E-state index < -0.39 is 0 Å². The molecule has 6 rings (SSSR count).